The molecule has 0 N–H and O–H groups in total. The van der Waals surface area contributed by atoms with Gasteiger partial charge in [0, 0.05) is 24.5 Å². The first-order chi connectivity index (χ1) is 10.9. The van der Waals surface area contributed by atoms with Gasteiger partial charge >= 0.3 is 6.18 Å². The first-order valence-corrected chi connectivity index (χ1v) is 8.97. The smallest absolute Gasteiger partial charge is 0.338 e. The molecule has 132 valence electrons. The van der Waals surface area contributed by atoms with Gasteiger partial charge in [-0.15, -0.1) is 0 Å². The lowest BCUT2D eigenvalue weighted by molar-refractivity contribution is -0.201. The molecule has 0 bridgehead atoms. The molecular weight excluding hydrogens is 305 g/mol. The maximum atomic E-state index is 13.3. The first-order valence-electron chi connectivity index (χ1n) is 8.97. The van der Waals surface area contributed by atoms with Gasteiger partial charge in [0.2, 0.25) is 5.91 Å². The molecule has 1 saturated carbocycles. The fourth-order valence-corrected chi connectivity index (χ4v) is 4.92. The lowest BCUT2D eigenvalue weighted by atomic mass is 9.77. The van der Waals surface area contributed by atoms with E-state index in [0.717, 1.165) is 38.6 Å². The molecular formula is C17H27F3N2O. The lowest BCUT2D eigenvalue weighted by Crippen LogP contribution is -2.51. The summed E-state index contributed by atoms with van der Waals surface area (Å²) in [5.41, 5.74) is 0. The number of likely N-dealkylation sites (tertiary alicyclic amines) is 2. The van der Waals surface area contributed by atoms with E-state index in [9.17, 15) is 18.0 Å². The third-order valence-corrected chi connectivity index (χ3v) is 6.11. The third-order valence-electron chi connectivity index (χ3n) is 6.11. The van der Waals surface area contributed by atoms with Gasteiger partial charge in [-0.25, -0.2) is 0 Å². The molecule has 2 heterocycles. The summed E-state index contributed by atoms with van der Waals surface area (Å²) in [6.45, 7) is 1.66. The molecule has 3 rings (SSSR count). The Morgan fingerprint density at radius 2 is 1.57 bits per heavy atom. The molecule has 6 heteroatoms. The maximum absolute atomic E-state index is 13.3. The van der Waals surface area contributed by atoms with Gasteiger partial charge in [-0.1, -0.05) is 12.8 Å². The third kappa shape index (κ3) is 3.37. The van der Waals surface area contributed by atoms with Crippen molar-refractivity contribution in [1.82, 2.24) is 9.80 Å². The summed E-state index contributed by atoms with van der Waals surface area (Å²) in [4.78, 5) is 17.0. The minimum absolute atomic E-state index is 0.113. The Kier molecular flexibility index (Phi) is 4.90. The van der Waals surface area contributed by atoms with Crippen LogP contribution in [0.4, 0.5) is 13.2 Å². The van der Waals surface area contributed by atoms with Gasteiger partial charge in [0.05, 0.1) is 5.92 Å². The predicted octanol–water partition coefficient (Wildman–Crippen LogP) is 3.44. The maximum Gasteiger partial charge on any atom is 0.392 e. The monoisotopic (exact) mass is 332 g/mol. The summed E-state index contributed by atoms with van der Waals surface area (Å²) < 4.78 is 40.0. The van der Waals surface area contributed by atoms with E-state index in [1.54, 1.807) is 4.90 Å². The zero-order chi connectivity index (χ0) is 16.6. The molecule has 4 atom stereocenters. The van der Waals surface area contributed by atoms with E-state index in [-0.39, 0.29) is 18.4 Å². The number of likely N-dealkylation sites (N-methyl/N-ethyl adjacent to an activating group) is 1. The van der Waals surface area contributed by atoms with Crippen LogP contribution in [0.1, 0.15) is 51.4 Å². The van der Waals surface area contributed by atoms with Crippen molar-refractivity contribution in [2.24, 2.45) is 11.8 Å². The SMILES string of the molecule is CN1CCC[C@@H]1[C@@H]1CCCN1C(=O)[C@@H]1CCCC[C@H]1C(F)(F)F. The van der Waals surface area contributed by atoms with Crippen LogP contribution in [0.25, 0.3) is 0 Å². The van der Waals surface area contributed by atoms with Gasteiger partial charge in [-0.3, -0.25) is 4.79 Å². The highest BCUT2D eigenvalue weighted by Crippen LogP contribution is 2.43. The number of hydrogen-bond acceptors (Lipinski definition) is 2. The average molecular weight is 332 g/mol. The lowest BCUT2D eigenvalue weighted by Gasteiger charge is -2.39. The molecule has 0 aromatic carbocycles. The van der Waals surface area contributed by atoms with E-state index in [0.29, 0.717) is 25.4 Å². The summed E-state index contributed by atoms with van der Waals surface area (Å²) >= 11 is 0. The van der Waals surface area contributed by atoms with Gasteiger partial charge in [0.25, 0.3) is 0 Å². The number of hydrogen-bond donors (Lipinski definition) is 0. The molecule has 0 radical (unpaired) electrons. The Morgan fingerprint density at radius 1 is 0.913 bits per heavy atom. The number of alkyl halides is 3. The minimum Gasteiger partial charge on any atom is -0.338 e. The molecule has 3 fully saturated rings. The molecule has 0 unspecified atom stereocenters. The Bertz CT molecular complexity index is 440. The van der Waals surface area contributed by atoms with Crippen LogP contribution in [-0.4, -0.2) is 54.1 Å². The van der Waals surface area contributed by atoms with Gasteiger partial charge in [-0.05, 0) is 52.1 Å². The van der Waals surface area contributed by atoms with Crippen LogP contribution in [0.5, 0.6) is 0 Å². The van der Waals surface area contributed by atoms with E-state index in [2.05, 4.69) is 11.9 Å². The molecule has 3 aliphatic rings. The van der Waals surface area contributed by atoms with Crippen molar-refractivity contribution in [1.29, 1.82) is 0 Å². The highest BCUT2D eigenvalue weighted by molar-refractivity contribution is 5.80. The molecule has 23 heavy (non-hydrogen) atoms. The van der Waals surface area contributed by atoms with Gasteiger partial charge in [-0.2, -0.15) is 13.2 Å². The first kappa shape index (κ1) is 17.1. The predicted molar refractivity (Wildman–Crippen MR) is 81.9 cm³/mol. The van der Waals surface area contributed by atoms with Crippen LogP contribution in [0.15, 0.2) is 0 Å². The molecule has 3 nitrogen and oxygen atoms in total. The number of carbonyl (C=O) groups is 1. The van der Waals surface area contributed by atoms with Crippen LogP contribution in [0.2, 0.25) is 0 Å². The van der Waals surface area contributed by atoms with Crippen LogP contribution in [-0.2, 0) is 4.79 Å². The minimum atomic E-state index is -4.25. The summed E-state index contributed by atoms with van der Waals surface area (Å²) in [7, 11) is 2.07. The van der Waals surface area contributed by atoms with Crippen molar-refractivity contribution < 1.29 is 18.0 Å². The fraction of sp³-hybridized carbons (Fsp3) is 0.941. The van der Waals surface area contributed by atoms with Crippen LogP contribution in [0, 0.1) is 11.8 Å². The highest BCUT2D eigenvalue weighted by Gasteiger charge is 2.50. The van der Waals surface area contributed by atoms with Crippen molar-refractivity contribution in [3.05, 3.63) is 0 Å². The summed E-state index contributed by atoms with van der Waals surface area (Å²) in [6, 6.07) is 0.445. The zero-order valence-electron chi connectivity index (χ0n) is 13.8. The average Bonchev–Trinajstić information content (AvgIpc) is 3.13. The van der Waals surface area contributed by atoms with Crippen molar-refractivity contribution in [3.8, 4) is 0 Å². The van der Waals surface area contributed by atoms with Crippen LogP contribution >= 0.6 is 0 Å². The molecule has 2 saturated heterocycles. The Hall–Kier alpha value is -0.780. The van der Waals surface area contributed by atoms with Crippen molar-refractivity contribution in [2.45, 2.75) is 69.6 Å². The quantitative estimate of drug-likeness (QED) is 0.773. The van der Waals surface area contributed by atoms with Crippen molar-refractivity contribution in [3.63, 3.8) is 0 Å². The fourth-order valence-electron chi connectivity index (χ4n) is 4.92. The van der Waals surface area contributed by atoms with E-state index in [4.69, 9.17) is 0 Å². The van der Waals surface area contributed by atoms with E-state index >= 15 is 0 Å². The second-order valence-electron chi connectivity index (χ2n) is 7.47. The van der Waals surface area contributed by atoms with E-state index in [1.165, 1.54) is 0 Å². The molecule has 1 amide bonds. The molecule has 1 aliphatic carbocycles. The Labute approximate surface area is 136 Å². The standard InChI is InChI=1S/C17H27F3N2O/c1-21-10-4-8-14(21)15-9-5-11-22(15)16(23)12-6-2-3-7-13(12)17(18,19)20/h12-15H,2-11H2,1H3/t12-,13-,14-,15+/m1/s1. The molecule has 2 aliphatic heterocycles. The van der Waals surface area contributed by atoms with Crippen molar-refractivity contribution >= 4 is 5.91 Å². The van der Waals surface area contributed by atoms with Crippen molar-refractivity contribution in [2.75, 3.05) is 20.1 Å². The Balaban J connectivity index is 1.75. The second-order valence-corrected chi connectivity index (χ2v) is 7.47. The van der Waals surface area contributed by atoms with Gasteiger partial charge < -0.3 is 9.80 Å². The number of amides is 1. The summed E-state index contributed by atoms with van der Waals surface area (Å²) in [6.07, 6.45) is 1.61. The number of carbonyl (C=O) groups excluding carboxylic acids is 1. The number of nitrogens with zero attached hydrogens (tertiary/aromatic N) is 2. The van der Waals surface area contributed by atoms with Crippen LogP contribution < -0.4 is 0 Å². The highest BCUT2D eigenvalue weighted by atomic mass is 19.4. The summed E-state index contributed by atoms with van der Waals surface area (Å²) in [5, 5.41) is 0. The topological polar surface area (TPSA) is 23.6 Å². The van der Waals surface area contributed by atoms with Gasteiger partial charge in [0.15, 0.2) is 0 Å². The largest absolute Gasteiger partial charge is 0.392 e. The Morgan fingerprint density at radius 3 is 2.22 bits per heavy atom. The van der Waals surface area contributed by atoms with E-state index in [1.807, 2.05) is 0 Å². The molecule has 0 aromatic heterocycles. The van der Waals surface area contributed by atoms with Gasteiger partial charge in [0.1, 0.15) is 0 Å². The number of rotatable bonds is 2. The molecule has 0 spiro atoms. The number of halogens is 3. The van der Waals surface area contributed by atoms with Crippen LogP contribution in [0.3, 0.4) is 0 Å². The normalized spacial score (nSPS) is 36.6. The summed E-state index contributed by atoms with van der Waals surface area (Å²) in [5.74, 6) is -2.52. The second kappa shape index (κ2) is 6.61. The zero-order valence-corrected chi connectivity index (χ0v) is 13.8. The molecule has 0 aromatic rings. The van der Waals surface area contributed by atoms with E-state index < -0.39 is 18.0 Å².